The second-order valence-electron chi connectivity index (χ2n) is 4.62. The van der Waals surface area contributed by atoms with Gasteiger partial charge in [-0.3, -0.25) is 4.79 Å². The van der Waals surface area contributed by atoms with Crippen LogP contribution >= 0.6 is 0 Å². The van der Waals surface area contributed by atoms with E-state index < -0.39 is 17.5 Å². The third-order valence-corrected chi connectivity index (χ3v) is 3.10. The lowest BCUT2D eigenvalue weighted by atomic mass is 10.1. The summed E-state index contributed by atoms with van der Waals surface area (Å²) in [6.45, 7) is 0.0698. The average molecular weight is 266 g/mol. The summed E-state index contributed by atoms with van der Waals surface area (Å²) < 4.78 is 13.2. The van der Waals surface area contributed by atoms with Gasteiger partial charge in [0.15, 0.2) is 0 Å². The summed E-state index contributed by atoms with van der Waals surface area (Å²) in [5.41, 5.74) is 0.232. The molecule has 19 heavy (non-hydrogen) atoms. The monoisotopic (exact) mass is 266 g/mol. The van der Waals surface area contributed by atoms with E-state index in [0.29, 0.717) is 0 Å². The predicted octanol–water partition coefficient (Wildman–Crippen LogP) is 1.59. The molecule has 1 aliphatic carbocycles. The predicted molar refractivity (Wildman–Crippen MR) is 66.1 cm³/mol. The van der Waals surface area contributed by atoms with Crippen LogP contribution in [0.5, 0.6) is 0 Å². The molecule has 0 aromatic heterocycles. The summed E-state index contributed by atoms with van der Waals surface area (Å²) >= 11 is 0. The van der Waals surface area contributed by atoms with Crippen LogP contribution in [0.25, 0.3) is 0 Å². The van der Waals surface area contributed by atoms with E-state index in [1.54, 1.807) is 12.1 Å². The molecule has 0 heterocycles. The van der Waals surface area contributed by atoms with Gasteiger partial charge in [-0.15, -0.1) is 0 Å². The van der Waals surface area contributed by atoms with E-state index in [0.717, 1.165) is 18.4 Å². The van der Waals surface area contributed by atoms with Crippen molar-refractivity contribution >= 4 is 12.0 Å². The van der Waals surface area contributed by atoms with Crippen LogP contribution in [0.3, 0.4) is 0 Å². The number of hydrogen-bond donors (Lipinski definition) is 3. The summed E-state index contributed by atoms with van der Waals surface area (Å²) in [6, 6.07) is 5.71. The number of aliphatic carboxylic acids is 1. The summed E-state index contributed by atoms with van der Waals surface area (Å²) in [7, 11) is 0. The molecule has 0 aliphatic heterocycles. The molecule has 3 N–H and O–H groups in total. The van der Waals surface area contributed by atoms with Crippen LogP contribution in [0.15, 0.2) is 24.3 Å². The molecule has 1 aromatic carbocycles. The molecule has 6 heteroatoms. The highest BCUT2D eigenvalue weighted by molar-refractivity contribution is 5.76. The first-order valence-electron chi connectivity index (χ1n) is 6.06. The number of carboxylic acid groups (broad SMARTS) is 1. The number of urea groups is 1. The Balaban J connectivity index is 1.91. The van der Waals surface area contributed by atoms with E-state index in [4.69, 9.17) is 5.11 Å². The maximum absolute atomic E-state index is 13.2. The standard InChI is InChI=1S/C13H15FN2O3/c14-10-3-1-2-9(8-10)13(5-6-13)16-12(19)15-7-4-11(17)18/h1-3,8H,4-7H2,(H,17,18)(H2,15,16,19). The van der Waals surface area contributed by atoms with Crippen LogP contribution in [0.4, 0.5) is 9.18 Å². The SMILES string of the molecule is O=C(O)CCNC(=O)NC1(c2cccc(F)c2)CC1. The van der Waals surface area contributed by atoms with Gasteiger partial charge in [0.05, 0.1) is 12.0 Å². The third kappa shape index (κ3) is 3.43. The number of carbonyl (C=O) groups is 2. The number of hydrogen-bond acceptors (Lipinski definition) is 2. The molecule has 102 valence electrons. The number of carboxylic acids is 1. The van der Waals surface area contributed by atoms with E-state index in [2.05, 4.69) is 10.6 Å². The van der Waals surface area contributed by atoms with E-state index >= 15 is 0 Å². The Morgan fingerprint density at radius 2 is 2.11 bits per heavy atom. The van der Waals surface area contributed by atoms with Gasteiger partial charge < -0.3 is 15.7 Å². The van der Waals surface area contributed by atoms with Crippen molar-refractivity contribution in [1.29, 1.82) is 0 Å². The molecule has 0 bridgehead atoms. The van der Waals surface area contributed by atoms with Gasteiger partial charge >= 0.3 is 12.0 Å². The van der Waals surface area contributed by atoms with Crippen LogP contribution < -0.4 is 10.6 Å². The summed E-state index contributed by atoms with van der Waals surface area (Å²) in [5.74, 6) is -1.30. The zero-order valence-electron chi connectivity index (χ0n) is 10.3. The quantitative estimate of drug-likeness (QED) is 0.757. The van der Waals surface area contributed by atoms with E-state index in [1.807, 2.05) is 0 Å². The Bertz CT molecular complexity index is 500. The van der Waals surface area contributed by atoms with Crippen molar-refractivity contribution in [1.82, 2.24) is 10.6 Å². The zero-order chi connectivity index (χ0) is 13.9. The molecule has 0 unspecified atom stereocenters. The molecule has 1 aromatic rings. The molecule has 2 rings (SSSR count). The normalized spacial score (nSPS) is 15.6. The fraction of sp³-hybridized carbons (Fsp3) is 0.385. The minimum absolute atomic E-state index is 0.0698. The second-order valence-corrected chi connectivity index (χ2v) is 4.62. The van der Waals surface area contributed by atoms with Gasteiger partial charge in [-0.2, -0.15) is 0 Å². The summed E-state index contributed by atoms with van der Waals surface area (Å²) in [6.07, 6.45) is 1.38. The van der Waals surface area contributed by atoms with Gasteiger partial charge in [0.1, 0.15) is 5.82 Å². The molecule has 1 fully saturated rings. The number of amides is 2. The Labute approximate surface area is 109 Å². The smallest absolute Gasteiger partial charge is 0.315 e. The van der Waals surface area contributed by atoms with Crippen LogP contribution in [0.2, 0.25) is 0 Å². The molecule has 5 nitrogen and oxygen atoms in total. The van der Waals surface area contributed by atoms with Crippen molar-refractivity contribution in [2.45, 2.75) is 24.8 Å². The molecule has 0 spiro atoms. The molecule has 1 saturated carbocycles. The topological polar surface area (TPSA) is 78.4 Å². The van der Waals surface area contributed by atoms with E-state index in [9.17, 15) is 14.0 Å². The molecular weight excluding hydrogens is 251 g/mol. The van der Waals surface area contributed by atoms with E-state index in [-0.39, 0.29) is 18.8 Å². The Kier molecular flexibility index (Phi) is 3.69. The Morgan fingerprint density at radius 3 is 2.68 bits per heavy atom. The van der Waals surface area contributed by atoms with Gasteiger partial charge in [0.25, 0.3) is 0 Å². The number of benzene rings is 1. The number of rotatable bonds is 5. The molecule has 1 aliphatic rings. The van der Waals surface area contributed by atoms with Crippen molar-refractivity contribution in [3.05, 3.63) is 35.6 Å². The highest BCUT2D eigenvalue weighted by atomic mass is 19.1. The van der Waals surface area contributed by atoms with Crippen molar-refractivity contribution in [3.8, 4) is 0 Å². The van der Waals surface area contributed by atoms with E-state index in [1.165, 1.54) is 12.1 Å². The number of nitrogens with one attached hydrogen (secondary N) is 2. The Morgan fingerprint density at radius 1 is 1.37 bits per heavy atom. The maximum Gasteiger partial charge on any atom is 0.315 e. The fourth-order valence-corrected chi connectivity index (χ4v) is 1.94. The lowest BCUT2D eigenvalue weighted by Crippen LogP contribution is -2.42. The van der Waals surface area contributed by atoms with Crippen LogP contribution in [0.1, 0.15) is 24.8 Å². The summed E-state index contributed by atoms with van der Waals surface area (Å²) in [5, 5.41) is 13.7. The lowest BCUT2D eigenvalue weighted by molar-refractivity contribution is -0.136. The van der Waals surface area contributed by atoms with Crippen LogP contribution in [0, 0.1) is 5.82 Å². The first-order chi connectivity index (χ1) is 9.02. The van der Waals surface area contributed by atoms with Gasteiger partial charge in [0, 0.05) is 6.54 Å². The zero-order valence-corrected chi connectivity index (χ0v) is 10.3. The maximum atomic E-state index is 13.2. The van der Waals surface area contributed by atoms with Gasteiger partial charge in [0.2, 0.25) is 0 Å². The van der Waals surface area contributed by atoms with Crippen LogP contribution in [-0.4, -0.2) is 23.7 Å². The third-order valence-electron chi connectivity index (χ3n) is 3.10. The first-order valence-corrected chi connectivity index (χ1v) is 6.06. The van der Waals surface area contributed by atoms with Gasteiger partial charge in [-0.1, -0.05) is 12.1 Å². The second kappa shape index (κ2) is 5.26. The molecule has 0 radical (unpaired) electrons. The largest absolute Gasteiger partial charge is 0.481 e. The summed E-state index contributed by atoms with van der Waals surface area (Å²) in [4.78, 5) is 22.0. The fourth-order valence-electron chi connectivity index (χ4n) is 1.94. The molecular formula is C13H15FN2O3. The van der Waals surface area contributed by atoms with Crippen molar-refractivity contribution in [2.75, 3.05) is 6.54 Å². The van der Waals surface area contributed by atoms with Crippen molar-refractivity contribution in [2.24, 2.45) is 0 Å². The van der Waals surface area contributed by atoms with Gasteiger partial charge in [-0.05, 0) is 30.5 Å². The van der Waals surface area contributed by atoms with Crippen molar-refractivity contribution < 1.29 is 19.1 Å². The molecule has 0 saturated heterocycles. The highest BCUT2D eigenvalue weighted by Crippen LogP contribution is 2.45. The molecule has 0 atom stereocenters. The number of carbonyl (C=O) groups excluding carboxylic acids is 1. The minimum atomic E-state index is -0.966. The van der Waals surface area contributed by atoms with Gasteiger partial charge in [-0.25, -0.2) is 9.18 Å². The highest BCUT2D eigenvalue weighted by Gasteiger charge is 2.45. The Hall–Kier alpha value is -2.11. The number of halogens is 1. The lowest BCUT2D eigenvalue weighted by Gasteiger charge is -2.18. The van der Waals surface area contributed by atoms with Crippen LogP contribution in [-0.2, 0) is 10.3 Å². The minimum Gasteiger partial charge on any atom is -0.481 e. The van der Waals surface area contributed by atoms with Crippen molar-refractivity contribution in [3.63, 3.8) is 0 Å². The molecule has 2 amide bonds. The average Bonchev–Trinajstić information content (AvgIpc) is 3.09. The first kappa shape index (κ1) is 13.3.